The minimum atomic E-state index is 0.624. The van der Waals surface area contributed by atoms with Crippen LogP contribution in [0.5, 0.6) is 11.5 Å². The Morgan fingerprint density at radius 3 is 2.76 bits per heavy atom. The van der Waals surface area contributed by atoms with Crippen LogP contribution >= 0.6 is 0 Å². The minimum Gasteiger partial charge on any atom is -0.493 e. The van der Waals surface area contributed by atoms with Crippen LogP contribution in [0.15, 0.2) is 18.2 Å². The molecule has 0 saturated heterocycles. The zero-order valence-electron chi connectivity index (χ0n) is 10.8. The molecule has 2 rings (SSSR count). The number of methoxy groups -OCH3 is 2. The Morgan fingerprint density at radius 2 is 2.12 bits per heavy atom. The van der Waals surface area contributed by atoms with Gasteiger partial charge in [-0.3, -0.25) is 0 Å². The van der Waals surface area contributed by atoms with Crippen LogP contribution in [0.3, 0.4) is 0 Å². The van der Waals surface area contributed by atoms with E-state index in [-0.39, 0.29) is 0 Å². The van der Waals surface area contributed by atoms with Crippen molar-refractivity contribution in [1.82, 2.24) is 5.32 Å². The van der Waals surface area contributed by atoms with Gasteiger partial charge in [-0.25, -0.2) is 0 Å². The van der Waals surface area contributed by atoms with Gasteiger partial charge in [-0.05, 0) is 37.4 Å². The van der Waals surface area contributed by atoms with E-state index in [1.807, 2.05) is 12.1 Å². The smallest absolute Gasteiger partial charge is 0.164 e. The lowest BCUT2D eigenvalue weighted by molar-refractivity contribution is 0.351. The molecule has 17 heavy (non-hydrogen) atoms. The van der Waals surface area contributed by atoms with Crippen molar-refractivity contribution in [2.75, 3.05) is 27.3 Å². The standard InChI is InChI=1S/C14H21NO2/c1-4-15-9-10-8-12(10)11-6-5-7-13(16-2)14(11)17-3/h5-7,10,12,15H,4,8-9H2,1-3H3. The first-order valence-corrected chi connectivity index (χ1v) is 6.23. The number of ether oxygens (including phenoxy) is 2. The highest BCUT2D eigenvalue weighted by atomic mass is 16.5. The molecule has 0 heterocycles. The van der Waals surface area contributed by atoms with Crippen LogP contribution in [-0.4, -0.2) is 27.3 Å². The Hall–Kier alpha value is -1.22. The van der Waals surface area contributed by atoms with Crippen molar-refractivity contribution in [2.24, 2.45) is 5.92 Å². The highest BCUT2D eigenvalue weighted by molar-refractivity contribution is 5.50. The summed E-state index contributed by atoms with van der Waals surface area (Å²) < 4.78 is 10.8. The van der Waals surface area contributed by atoms with Crippen LogP contribution in [-0.2, 0) is 0 Å². The molecule has 1 aliphatic rings. The molecule has 3 nitrogen and oxygen atoms in total. The van der Waals surface area contributed by atoms with Crippen molar-refractivity contribution in [1.29, 1.82) is 0 Å². The lowest BCUT2D eigenvalue weighted by Crippen LogP contribution is -2.16. The predicted molar refractivity (Wildman–Crippen MR) is 68.9 cm³/mol. The number of benzene rings is 1. The third-order valence-corrected chi connectivity index (χ3v) is 3.41. The molecule has 94 valence electrons. The molecule has 2 atom stereocenters. The largest absolute Gasteiger partial charge is 0.493 e. The highest BCUT2D eigenvalue weighted by Gasteiger charge is 2.39. The number of hydrogen-bond acceptors (Lipinski definition) is 3. The average Bonchev–Trinajstić information content (AvgIpc) is 3.14. The summed E-state index contributed by atoms with van der Waals surface area (Å²) >= 11 is 0. The molecule has 1 aliphatic carbocycles. The van der Waals surface area contributed by atoms with Gasteiger partial charge in [0.2, 0.25) is 0 Å². The summed E-state index contributed by atoms with van der Waals surface area (Å²) in [5.41, 5.74) is 1.29. The number of hydrogen-bond donors (Lipinski definition) is 1. The predicted octanol–water partition coefficient (Wildman–Crippen LogP) is 2.42. The van der Waals surface area contributed by atoms with Gasteiger partial charge < -0.3 is 14.8 Å². The van der Waals surface area contributed by atoms with E-state index in [0.29, 0.717) is 5.92 Å². The van der Waals surface area contributed by atoms with Crippen molar-refractivity contribution >= 4 is 0 Å². The van der Waals surface area contributed by atoms with Gasteiger partial charge in [0.15, 0.2) is 11.5 Å². The zero-order valence-corrected chi connectivity index (χ0v) is 10.8. The quantitative estimate of drug-likeness (QED) is 0.821. The van der Waals surface area contributed by atoms with Crippen molar-refractivity contribution in [3.8, 4) is 11.5 Å². The van der Waals surface area contributed by atoms with E-state index in [2.05, 4.69) is 18.3 Å². The number of para-hydroxylation sites is 1. The highest BCUT2D eigenvalue weighted by Crippen LogP contribution is 2.51. The fourth-order valence-corrected chi connectivity index (χ4v) is 2.39. The maximum atomic E-state index is 5.48. The average molecular weight is 235 g/mol. The molecule has 0 amide bonds. The Labute approximate surface area is 103 Å². The van der Waals surface area contributed by atoms with E-state index in [1.54, 1.807) is 14.2 Å². The van der Waals surface area contributed by atoms with Crippen LogP contribution in [0, 0.1) is 5.92 Å². The molecule has 0 aliphatic heterocycles. The van der Waals surface area contributed by atoms with Gasteiger partial charge in [-0.15, -0.1) is 0 Å². The fraction of sp³-hybridized carbons (Fsp3) is 0.571. The molecule has 0 radical (unpaired) electrons. The van der Waals surface area contributed by atoms with Crippen LogP contribution in [0.1, 0.15) is 24.8 Å². The second-order valence-corrected chi connectivity index (χ2v) is 4.49. The monoisotopic (exact) mass is 235 g/mol. The van der Waals surface area contributed by atoms with Gasteiger partial charge in [-0.1, -0.05) is 19.1 Å². The number of rotatable bonds is 6. The third-order valence-electron chi connectivity index (χ3n) is 3.41. The van der Waals surface area contributed by atoms with E-state index in [4.69, 9.17) is 9.47 Å². The summed E-state index contributed by atoms with van der Waals surface area (Å²) in [5.74, 6) is 3.10. The molecule has 1 saturated carbocycles. The van der Waals surface area contributed by atoms with Gasteiger partial charge in [0.1, 0.15) is 0 Å². The van der Waals surface area contributed by atoms with Crippen molar-refractivity contribution in [3.05, 3.63) is 23.8 Å². The second-order valence-electron chi connectivity index (χ2n) is 4.49. The molecule has 1 aromatic rings. The fourth-order valence-electron chi connectivity index (χ4n) is 2.39. The van der Waals surface area contributed by atoms with Gasteiger partial charge in [0.25, 0.3) is 0 Å². The van der Waals surface area contributed by atoms with Crippen LogP contribution in [0.4, 0.5) is 0 Å². The van der Waals surface area contributed by atoms with E-state index < -0.39 is 0 Å². The summed E-state index contributed by atoms with van der Waals surface area (Å²) in [4.78, 5) is 0. The molecular formula is C14H21NO2. The Morgan fingerprint density at radius 1 is 1.29 bits per heavy atom. The first-order valence-electron chi connectivity index (χ1n) is 6.23. The molecule has 2 unspecified atom stereocenters. The molecule has 0 spiro atoms. The minimum absolute atomic E-state index is 0.624. The third kappa shape index (κ3) is 2.55. The molecular weight excluding hydrogens is 214 g/mol. The molecule has 0 bridgehead atoms. The second kappa shape index (κ2) is 5.41. The summed E-state index contributed by atoms with van der Waals surface area (Å²) in [7, 11) is 3.40. The Balaban J connectivity index is 2.11. The lowest BCUT2D eigenvalue weighted by atomic mass is 10.1. The topological polar surface area (TPSA) is 30.5 Å². The lowest BCUT2D eigenvalue weighted by Gasteiger charge is -2.12. The normalized spacial score (nSPS) is 22.3. The molecule has 1 N–H and O–H groups in total. The molecule has 1 fully saturated rings. The van der Waals surface area contributed by atoms with Gasteiger partial charge in [0, 0.05) is 5.56 Å². The van der Waals surface area contributed by atoms with E-state index in [9.17, 15) is 0 Å². The first kappa shape index (κ1) is 12.2. The van der Waals surface area contributed by atoms with E-state index in [1.165, 1.54) is 12.0 Å². The van der Waals surface area contributed by atoms with Gasteiger partial charge >= 0.3 is 0 Å². The first-order chi connectivity index (χ1) is 8.31. The van der Waals surface area contributed by atoms with E-state index in [0.717, 1.165) is 30.5 Å². The molecule has 3 heteroatoms. The maximum Gasteiger partial charge on any atom is 0.164 e. The summed E-state index contributed by atoms with van der Waals surface area (Å²) in [6, 6.07) is 6.14. The zero-order chi connectivity index (χ0) is 12.3. The summed E-state index contributed by atoms with van der Waals surface area (Å²) in [5, 5.41) is 3.40. The van der Waals surface area contributed by atoms with Gasteiger partial charge in [-0.2, -0.15) is 0 Å². The Kier molecular flexibility index (Phi) is 3.89. The summed E-state index contributed by atoms with van der Waals surface area (Å²) in [6.07, 6.45) is 1.25. The van der Waals surface area contributed by atoms with Crippen LogP contribution < -0.4 is 14.8 Å². The van der Waals surface area contributed by atoms with Crippen molar-refractivity contribution < 1.29 is 9.47 Å². The SMILES string of the molecule is CCNCC1CC1c1cccc(OC)c1OC. The number of nitrogens with one attached hydrogen (secondary N) is 1. The maximum absolute atomic E-state index is 5.48. The van der Waals surface area contributed by atoms with Crippen LogP contribution in [0.2, 0.25) is 0 Å². The van der Waals surface area contributed by atoms with Crippen molar-refractivity contribution in [3.63, 3.8) is 0 Å². The van der Waals surface area contributed by atoms with Crippen molar-refractivity contribution in [2.45, 2.75) is 19.3 Å². The van der Waals surface area contributed by atoms with Crippen LogP contribution in [0.25, 0.3) is 0 Å². The van der Waals surface area contributed by atoms with Gasteiger partial charge in [0.05, 0.1) is 14.2 Å². The molecule has 0 aromatic heterocycles. The van der Waals surface area contributed by atoms with E-state index >= 15 is 0 Å². The Bertz CT molecular complexity index is 378. The molecule has 1 aromatic carbocycles. The summed E-state index contributed by atoms with van der Waals surface area (Å²) in [6.45, 7) is 4.28.